The molecule has 0 rings (SSSR count). The Bertz CT molecular complexity index is 246. The Labute approximate surface area is 100 Å². The van der Waals surface area contributed by atoms with E-state index in [1.807, 2.05) is 13.2 Å². The molecule has 16 heavy (non-hydrogen) atoms. The van der Waals surface area contributed by atoms with Gasteiger partial charge in [0.1, 0.15) is 6.04 Å². The van der Waals surface area contributed by atoms with Crippen LogP contribution < -0.4 is 10.6 Å². The third-order valence-electron chi connectivity index (χ3n) is 2.01. The molecule has 6 heteroatoms. The van der Waals surface area contributed by atoms with E-state index in [0.29, 0.717) is 0 Å². The average molecular weight is 248 g/mol. The summed E-state index contributed by atoms with van der Waals surface area (Å²) in [5.74, 6) is -0.353. The van der Waals surface area contributed by atoms with E-state index in [1.165, 1.54) is 0 Å². The lowest BCUT2D eigenvalue weighted by molar-refractivity contribution is -0.140. The monoisotopic (exact) mass is 248 g/mol. The van der Waals surface area contributed by atoms with Crippen LogP contribution in [0, 0.1) is 5.92 Å². The van der Waals surface area contributed by atoms with Crippen LogP contribution in [0.4, 0.5) is 4.79 Å². The Morgan fingerprint density at radius 3 is 2.19 bits per heavy atom. The Hall–Kier alpha value is -0.910. The summed E-state index contributed by atoms with van der Waals surface area (Å²) >= 11 is 1.62. The summed E-state index contributed by atoms with van der Waals surface area (Å²) in [6.07, 6.45) is 1.95. The van der Waals surface area contributed by atoms with Crippen molar-refractivity contribution in [3.63, 3.8) is 0 Å². The molecule has 0 saturated heterocycles. The van der Waals surface area contributed by atoms with Crippen molar-refractivity contribution in [3.8, 4) is 0 Å². The van der Waals surface area contributed by atoms with E-state index in [0.717, 1.165) is 5.75 Å². The fourth-order valence-electron chi connectivity index (χ4n) is 1.21. The molecule has 0 radical (unpaired) electrons. The predicted octanol–water partition coefficient (Wildman–Crippen LogP) is 1.15. The first kappa shape index (κ1) is 15.1. The van der Waals surface area contributed by atoms with E-state index in [9.17, 15) is 9.59 Å². The van der Waals surface area contributed by atoms with E-state index in [2.05, 4.69) is 10.6 Å². The molecule has 2 atom stereocenters. The van der Waals surface area contributed by atoms with Gasteiger partial charge < -0.3 is 15.7 Å². The molecular weight excluding hydrogens is 228 g/mol. The normalized spacial score (nSPS) is 14.3. The topological polar surface area (TPSA) is 78.4 Å². The third-order valence-corrected chi connectivity index (χ3v) is 2.85. The first-order valence-electron chi connectivity index (χ1n) is 5.17. The highest BCUT2D eigenvalue weighted by molar-refractivity contribution is 7.98. The Balaban J connectivity index is 4.15. The number of carboxylic acid groups (broad SMARTS) is 1. The van der Waals surface area contributed by atoms with Gasteiger partial charge in [0.2, 0.25) is 0 Å². The van der Waals surface area contributed by atoms with Gasteiger partial charge in [-0.1, -0.05) is 13.8 Å². The highest BCUT2D eigenvalue weighted by Crippen LogP contribution is 2.02. The van der Waals surface area contributed by atoms with Gasteiger partial charge in [-0.3, -0.25) is 0 Å². The van der Waals surface area contributed by atoms with Crippen molar-refractivity contribution < 1.29 is 14.7 Å². The fourth-order valence-corrected chi connectivity index (χ4v) is 1.80. The van der Waals surface area contributed by atoms with Crippen molar-refractivity contribution in [1.82, 2.24) is 10.6 Å². The molecule has 5 nitrogen and oxygen atoms in total. The minimum Gasteiger partial charge on any atom is -0.480 e. The largest absolute Gasteiger partial charge is 0.480 e. The molecule has 0 spiro atoms. The van der Waals surface area contributed by atoms with E-state index in [4.69, 9.17) is 5.11 Å². The van der Waals surface area contributed by atoms with Gasteiger partial charge >= 0.3 is 12.0 Å². The number of urea groups is 1. The summed E-state index contributed by atoms with van der Waals surface area (Å²) in [4.78, 5) is 22.3. The standard InChI is InChI=1S/C10H20N2O3S/c1-6(2)8(9(13)14)12-10(15)11-7(3)5-16-4/h6-8H,5H2,1-4H3,(H,13,14)(H2,11,12,15)/t7?,8-/m0/s1. The zero-order valence-corrected chi connectivity index (χ0v) is 10.9. The van der Waals surface area contributed by atoms with Gasteiger partial charge in [0.25, 0.3) is 0 Å². The number of aliphatic carboxylic acids is 1. The first-order valence-corrected chi connectivity index (χ1v) is 6.56. The Morgan fingerprint density at radius 2 is 1.81 bits per heavy atom. The number of rotatable bonds is 6. The zero-order valence-electron chi connectivity index (χ0n) is 10.1. The van der Waals surface area contributed by atoms with Crippen LogP contribution in [-0.4, -0.2) is 41.2 Å². The van der Waals surface area contributed by atoms with Gasteiger partial charge in [0.15, 0.2) is 0 Å². The van der Waals surface area contributed by atoms with Crippen molar-refractivity contribution in [2.45, 2.75) is 32.9 Å². The van der Waals surface area contributed by atoms with Crippen LogP contribution >= 0.6 is 11.8 Å². The SMILES string of the molecule is CSCC(C)NC(=O)N[C@H](C(=O)O)C(C)C. The predicted molar refractivity (Wildman–Crippen MR) is 65.8 cm³/mol. The van der Waals surface area contributed by atoms with E-state index in [1.54, 1.807) is 25.6 Å². The molecule has 0 aromatic carbocycles. The third kappa shape index (κ3) is 5.85. The average Bonchev–Trinajstić information content (AvgIpc) is 2.13. The van der Waals surface area contributed by atoms with Crippen LogP contribution in [0.5, 0.6) is 0 Å². The molecule has 0 fully saturated rings. The zero-order chi connectivity index (χ0) is 12.7. The summed E-state index contributed by atoms with van der Waals surface area (Å²) in [5.41, 5.74) is 0. The van der Waals surface area contributed by atoms with Crippen molar-refractivity contribution >= 4 is 23.8 Å². The number of amides is 2. The van der Waals surface area contributed by atoms with Crippen LogP contribution in [-0.2, 0) is 4.79 Å². The van der Waals surface area contributed by atoms with Crippen LogP contribution in [0.1, 0.15) is 20.8 Å². The maximum atomic E-state index is 11.5. The second-order valence-electron chi connectivity index (χ2n) is 4.03. The molecule has 3 N–H and O–H groups in total. The number of carboxylic acids is 1. The van der Waals surface area contributed by atoms with Gasteiger partial charge in [0.05, 0.1) is 0 Å². The van der Waals surface area contributed by atoms with Gasteiger partial charge in [-0.2, -0.15) is 11.8 Å². The molecule has 0 aromatic heterocycles. The molecule has 1 unspecified atom stereocenters. The van der Waals surface area contributed by atoms with E-state index < -0.39 is 18.0 Å². The summed E-state index contributed by atoms with van der Waals surface area (Å²) in [7, 11) is 0. The van der Waals surface area contributed by atoms with Gasteiger partial charge in [0, 0.05) is 11.8 Å². The van der Waals surface area contributed by atoms with E-state index in [-0.39, 0.29) is 12.0 Å². The molecule has 0 aliphatic heterocycles. The maximum Gasteiger partial charge on any atom is 0.326 e. The van der Waals surface area contributed by atoms with Crippen LogP contribution in [0.2, 0.25) is 0 Å². The highest BCUT2D eigenvalue weighted by Gasteiger charge is 2.23. The van der Waals surface area contributed by atoms with Gasteiger partial charge in [-0.05, 0) is 19.1 Å². The summed E-state index contributed by atoms with van der Waals surface area (Å²) in [6, 6.07) is -1.25. The Kier molecular flexibility index (Phi) is 6.96. The number of thioether (sulfide) groups is 1. The lowest BCUT2D eigenvalue weighted by Crippen LogP contribution is -2.50. The molecule has 0 aliphatic rings. The lowest BCUT2D eigenvalue weighted by Gasteiger charge is -2.20. The fraction of sp³-hybridized carbons (Fsp3) is 0.800. The minimum atomic E-state index is -1.01. The summed E-state index contributed by atoms with van der Waals surface area (Å²) in [5, 5.41) is 14.0. The second-order valence-corrected chi connectivity index (χ2v) is 4.94. The van der Waals surface area contributed by atoms with Crippen molar-refractivity contribution in [2.75, 3.05) is 12.0 Å². The van der Waals surface area contributed by atoms with Crippen molar-refractivity contribution in [2.24, 2.45) is 5.92 Å². The van der Waals surface area contributed by atoms with Gasteiger partial charge in [-0.15, -0.1) is 0 Å². The van der Waals surface area contributed by atoms with Crippen LogP contribution in [0.3, 0.4) is 0 Å². The second kappa shape index (κ2) is 7.38. The highest BCUT2D eigenvalue weighted by atomic mass is 32.2. The molecule has 0 bridgehead atoms. The number of carbonyl (C=O) groups excluding carboxylic acids is 1. The molecule has 2 amide bonds. The number of hydrogen-bond donors (Lipinski definition) is 3. The number of carbonyl (C=O) groups is 2. The maximum absolute atomic E-state index is 11.5. The minimum absolute atomic E-state index is 0.0246. The molecule has 0 aliphatic carbocycles. The number of hydrogen-bond acceptors (Lipinski definition) is 3. The summed E-state index contributed by atoms with van der Waals surface area (Å²) in [6.45, 7) is 5.38. The van der Waals surface area contributed by atoms with Gasteiger partial charge in [-0.25, -0.2) is 9.59 Å². The number of nitrogens with one attached hydrogen (secondary N) is 2. The van der Waals surface area contributed by atoms with Crippen molar-refractivity contribution in [1.29, 1.82) is 0 Å². The lowest BCUT2D eigenvalue weighted by atomic mass is 10.1. The quantitative estimate of drug-likeness (QED) is 0.659. The molecule has 0 heterocycles. The molecular formula is C10H20N2O3S. The smallest absolute Gasteiger partial charge is 0.326 e. The van der Waals surface area contributed by atoms with Crippen LogP contribution in [0.25, 0.3) is 0 Å². The first-order chi connectivity index (χ1) is 7.38. The molecule has 94 valence electrons. The molecule has 0 saturated carbocycles. The molecule has 0 aromatic rings. The van der Waals surface area contributed by atoms with Crippen LogP contribution in [0.15, 0.2) is 0 Å². The Morgan fingerprint density at radius 1 is 1.25 bits per heavy atom. The van der Waals surface area contributed by atoms with Crippen molar-refractivity contribution in [3.05, 3.63) is 0 Å². The van der Waals surface area contributed by atoms with E-state index >= 15 is 0 Å². The summed E-state index contributed by atoms with van der Waals surface area (Å²) < 4.78 is 0.